The molecule has 9 heteroatoms. The molecule has 2 atom stereocenters. The molecule has 1 N–H and O–H groups in total. The Bertz CT molecular complexity index is 1050. The molecule has 0 bridgehead atoms. The number of fused-ring (bicyclic) bond motifs is 2. The largest absolute Gasteiger partial charge is 0.474 e. The third-order valence-corrected chi connectivity index (χ3v) is 5.27. The smallest absolute Gasteiger partial charge is 0.263 e. The zero-order valence-electron chi connectivity index (χ0n) is 16.0. The summed E-state index contributed by atoms with van der Waals surface area (Å²) < 4.78 is 14.7. The van der Waals surface area contributed by atoms with E-state index < -0.39 is 0 Å². The number of hydrogen-bond acceptors (Lipinski definition) is 6. The molecule has 1 amide bonds. The van der Waals surface area contributed by atoms with Gasteiger partial charge in [0.2, 0.25) is 11.7 Å². The lowest BCUT2D eigenvalue weighted by Gasteiger charge is -2.12. The summed E-state index contributed by atoms with van der Waals surface area (Å²) in [6.07, 6.45) is 5.33. The summed E-state index contributed by atoms with van der Waals surface area (Å²) >= 11 is 0. The van der Waals surface area contributed by atoms with Crippen molar-refractivity contribution in [1.29, 1.82) is 0 Å². The first kappa shape index (κ1) is 17.2. The van der Waals surface area contributed by atoms with Gasteiger partial charge in [0.15, 0.2) is 5.82 Å². The fraction of sp³-hybridized carbons (Fsp3) is 0.474. The van der Waals surface area contributed by atoms with Crippen molar-refractivity contribution in [3.8, 4) is 5.88 Å². The minimum absolute atomic E-state index is 0.120. The predicted octanol–water partition coefficient (Wildman–Crippen LogP) is 1.86. The molecule has 1 saturated heterocycles. The maximum Gasteiger partial charge on any atom is 0.263 e. The van der Waals surface area contributed by atoms with Crippen molar-refractivity contribution in [3.63, 3.8) is 0 Å². The summed E-state index contributed by atoms with van der Waals surface area (Å²) in [5.74, 6) is 2.50. The number of anilines is 1. The Balaban J connectivity index is 1.49. The van der Waals surface area contributed by atoms with Crippen LogP contribution in [-0.4, -0.2) is 49.4 Å². The van der Waals surface area contributed by atoms with Crippen LogP contribution in [0, 0.1) is 11.8 Å². The number of aromatic nitrogens is 5. The monoisotopic (exact) mass is 382 g/mol. The van der Waals surface area contributed by atoms with Crippen molar-refractivity contribution in [2.45, 2.75) is 25.9 Å². The molecule has 4 heterocycles. The Hall–Kier alpha value is -2.94. The van der Waals surface area contributed by atoms with E-state index in [0.717, 1.165) is 18.9 Å². The molecule has 1 aliphatic carbocycles. The summed E-state index contributed by atoms with van der Waals surface area (Å²) in [7, 11) is 1.79. The molecule has 0 aromatic carbocycles. The second kappa shape index (κ2) is 6.30. The Labute approximate surface area is 161 Å². The van der Waals surface area contributed by atoms with Gasteiger partial charge in [0, 0.05) is 37.6 Å². The van der Waals surface area contributed by atoms with Gasteiger partial charge in [0.25, 0.3) is 5.91 Å². The van der Waals surface area contributed by atoms with Crippen molar-refractivity contribution in [3.05, 3.63) is 35.9 Å². The fourth-order valence-corrected chi connectivity index (χ4v) is 3.90. The molecule has 9 nitrogen and oxygen atoms in total. The number of rotatable bonds is 5. The number of hydrogen-bond donors (Lipinski definition) is 1. The molecule has 0 spiro atoms. The summed E-state index contributed by atoms with van der Waals surface area (Å²) in [6, 6.07) is 1.73. The van der Waals surface area contributed by atoms with E-state index in [-0.39, 0.29) is 17.9 Å². The molecule has 3 aromatic rings. The van der Waals surface area contributed by atoms with Crippen molar-refractivity contribution in [2.75, 3.05) is 18.5 Å². The first-order chi connectivity index (χ1) is 13.5. The van der Waals surface area contributed by atoms with Gasteiger partial charge in [0.05, 0.1) is 25.0 Å². The molecule has 2 fully saturated rings. The van der Waals surface area contributed by atoms with E-state index in [0.29, 0.717) is 34.9 Å². The van der Waals surface area contributed by atoms with E-state index >= 15 is 0 Å². The number of carbonyl (C=O) groups is 1. The third-order valence-electron chi connectivity index (χ3n) is 5.27. The lowest BCUT2D eigenvalue weighted by atomic mass is 10.2. The number of aryl methyl sites for hydroxylation is 1. The van der Waals surface area contributed by atoms with Crippen LogP contribution in [0.4, 0.5) is 5.82 Å². The van der Waals surface area contributed by atoms with Gasteiger partial charge in [-0.2, -0.15) is 10.1 Å². The number of ether oxygens (including phenoxy) is 2. The average molecular weight is 382 g/mol. The van der Waals surface area contributed by atoms with Gasteiger partial charge in [-0.15, -0.1) is 0 Å². The zero-order chi connectivity index (χ0) is 19.4. The van der Waals surface area contributed by atoms with Crippen molar-refractivity contribution in [2.24, 2.45) is 18.9 Å². The summed E-state index contributed by atoms with van der Waals surface area (Å²) in [5.41, 5.74) is 1.35. The summed E-state index contributed by atoms with van der Waals surface area (Å²) in [5, 5.41) is 6.98. The van der Waals surface area contributed by atoms with Crippen molar-refractivity contribution >= 4 is 17.5 Å². The number of imidazole rings is 1. The van der Waals surface area contributed by atoms with Gasteiger partial charge >= 0.3 is 0 Å². The first-order valence-electron chi connectivity index (χ1n) is 9.44. The molecule has 1 aliphatic heterocycles. The van der Waals surface area contributed by atoms with Gasteiger partial charge in [0.1, 0.15) is 5.56 Å². The molecule has 146 valence electrons. The molecule has 3 aromatic heterocycles. The molecule has 2 unspecified atom stereocenters. The lowest BCUT2D eigenvalue weighted by Crippen LogP contribution is -2.18. The first-order valence-corrected chi connectivity index (χ1v) is 9.44. The summed E-state index contributed by atoms with van der Waals surface area (Å²) in [4.78, 5) is 22.1. The van der Waals surface area contributed by atoms with E-state index in [2.05, 4.69) is 20.4 Å². The average Bonchev–Trinajstić information content (AvgIpc) is 3.07. The highest BCUT2D eigenvalue weighted by Gasteiger charge is 2.55. The van der Waals surface area contributed by atoms with E-state index in [1.165, 1.54) is 0 Å². The van der Waals surface area contributed by atoms with Gasteiger partial charge in [-0.1, -0.05) is 0 Å². The van der Waals surface area contributed by atoms with Gasteiger partial charge in [-0.05, 0) is 25.7 Å². The molecule has 2 aliphatic rings. The van der Waals surface area contributed by atoms with Crippen LogP contribution in [0.5, 0.6) is 5.88 Å². The van der Waals surface area contributed by atoms with Gasteiger partial charge in [-0.25, -0.2) is 4.98 Å². The van der Waals surface area contributed by atoms with Crippen LogP contribution in [0.15, 0.2) is 24.7 Å². The Morgan fingerprint density at radius 2 is 2.07 bits per heavy atom. The van der Waals surface area contributed by atoms with Crippen LogP contribution in [0.1, 0.15) is 35.8 Å². The zero-order valence-corrected chi connectivity index (χ0v) is 16.0. The molecule has 1 saturated carbocycles. The van der Waals surface area contributed by atoms with Crippen LogP contribution >= 0.6 is 0 Å². The van der Waals surface area contributed by atoms with Crippen molar-refractivity contribution < 1.29 is 14.3 Å². The highest BCUT2D eigenvalue weighted by atomic mass is 16.5. The topological polar surface area (TPSA) is 95.6 Å². The Morgan fingerprint density at radius 3 is 2.75 bits per heavy atom. The van der Waals surface area contributed by atoms with E-state index in [4.69, 9.17) is 9.47 Å². The van der Waals surface area contributed by atoms with Crippen LogP contribution in [-0.2, 0) is 11.8 Å². The maximum absolute atomic E-state index is 12.9. The minimum atomic E-state index is -0.323. The minimum Gasteiger partial charge on any atom is -0.474 e. The summed E-state index contributed by atoms with van der Waals surface area (Å²) in [6.45, 7) is 5.40. The number of nitrogens with one attached hydrogen (secondary N) is 1. The SMILES string of the molecule is CC(C)Oc1nc2nc(C3C4COCC43)cn2cc1C(=O)Nc1ccn(C)n1. The van der Waals surface area contributed by atoms with Crippen LogP contribution in [0.2, 0.25) is 0 Å². The van der Waals surface area contributed by atoms with E-state index in [9.17, 15) is 4.79 Å². The second-order valence-corrected chi connectivity index (χ2v) is 7.72. The normalized spacial score (nSPS) is 23.2. The molecular formula is C19H22N6O3. The van der Waals surface area contributed by atoms with Crippen LogP contribution < -0.4 is 10.1 Å². The second-order valence-electron chi connectivity index (χ2n) is 7.72. The number of amides is 1. The highest BCUT2D eigenvalue weighted by molar-refractivity contribution is 6.05. The highest BCUT2D eigenvalue weighted by Crippen LogP contribution is 2.57. The Morgan fingerprint density at radius 1 is 1.29 bits per heavy atom. The van der Waals surface area contributed by atoms with Crippen LogP contribution in [0.25, 0.3) is 5.78 Å². The third kappa shape index (κ3) is 2.91. The molecule has 28 heavy (non-hydrogen) atoms. The quantitative estimate of drug-likeness (QED) is 0.724. The van der Waals surface area contributed by atoms with Gasteiger partial charge in [-0.3, -0.25) is 13.9 Å². The Kier molecular flexibility index (Phi) is 3.87. The molecule has 0 radical (unpaired) electrons. The fourth-order valence-electron chi connectivity index (χ4n) is 3.90. The van der Waals surface area contributed by atoms with Crippen molar-refractivity contribution in [1.82, 2.24) is 24.1 Å². The maximum atomic E-state index is 12.9. The number of carbonyl (C=O) groups excluding carboxylic acids is 1. The molecular weight excluding hydrogens is 360 g/mol. The lowest BCUT2D eigenvalue weighted by molar-refractivity contribution is 0.101. The van der Waals surface area contributed by atoms with E-state index in [1.807, 2.05) is 20.0 Å². The standard InChI is InChI=1S/C19H22N6O3/c1-10(2)28-18-11(17(26)21-15-4-5-24(3)23-15)6-25-7-14(20-19(25)22-18)16-12-8-27-9-13(12)16/h4-7,10,12-13,16H,8-9H2,1-3H3,(H,21,23,26). The molecule has 5 rings (SSSR count). The van der Waals surface area contributed by atoms with Gasteiger partial charge < -0.3 is 14.8 Å². The van der Waals surface area contributed by atoms with Crippen LogP contribution in [0.3, 0.4) is 0 Å². The predicted molar refractivity (Wildman–Crippen MR) is 100 cm³/mol. The number of nitrogens with zero attached hydrogens (tertiary/aromatic N) is 5. The van der Waals surface area contributed by atoms with E-state index in [1.54, 1.807) is 34.6 Å².